The predicted octanol–water partition coefficient (Wildman–Crippen LogP) is 3.28. The molecule has 5 heteroatoms. The van der Waals surface area contributed by atoms with E-state index in [2.05, 4.69) is 22.4 Å². The van der Waals surface area contributed by atoms with E-state index in [4.69, 9.17) is 10.00 Å². The molecule has 106 valence electrons. The van der Waals surface area contributed by atoms with E-state index in [-0.39, 0.29) is 6.02 Å². The van der Waals surface area contributed by atoms with Crippen LogP contribution in [0.3, 0.4) is 0 Å². The summed E-state index contributed by atoms with van der Waals surface area (Å²) in [6, 6.07) is 19.6. The number of hydrogen-bond donors (Lipinski definition) is 1. The molecule has 1 N–H and O–H groups in total. The predicted molar refractivity (Wildman–Crippen MR) is 85.3 cm³/mol. The lowest BCUT2D eigenvalue weighted by Gasteiger charge is -2.06. The molecule has 2 aromatic carbocycles. The molecule has 0 aliphatic rings. The van der Waals surface area contributed by atoms with Crippen LogP contribution in [0.4, 0.5) is 0 Å². The van der Waals surface area contributed by atoms with Crippen LogP contribution in [0.5, 0.6) is 5.75 Å². The molecule has 0 unspecified atom stereocenters. The van der Waals surface area contributed by atoms with Crippen molar-refractivity contribution in [2.75, 3.05) is 12.3 Å². The summed E-state index contributed by atoms with van der Waals surface area (Å²) >= 11 is 1.71. The molecule has 0 radical (unpaired) electrons. The minimum atomic E-state index is 0.220. The quantitative estimate of drug-likeness (QED) is 0.230. The first-order valence-corrected chi connectivity index (χ1v) is 7.47. The van der Waals surface area contributed by atoms with E-state index < -0.39 is 0 Å². The second-order valence-electron chi connectivity index (χ2n) is 4.00. The Morgan fingerprint density at radius 3 is 2.43 bits per heavy atom. The zero-order valence-corrected chi connectivity index (χ0v) is 12.2. The Bertz CT molecular complexity index is 608. The van der Waals surface area contributed by atoms with Gasteiger partial charge in [0.2, 0.25) is 0 Å². The zero-order chi connectivity index (χ0) is 14.8. The highest BCUT2D eigenvalue weighted by Gasteiger charge is 2.01. The van der Waals surface area contributed by atoms with Crippen LogP contribution in [0.1, 0.15) is 0 Å². The maximum absolute atomic E-state index is 8.72. The number of nitrogens with one attached hydrogen (secondary N) is 1. The number of amidine groups is 1. The Morgan fingerprint density at radius 2 is 1.76 bits per heavy atom. The smallest absolute Gasteiger partial charge is 0.303 e. The molecule has 0 spiro atoms. The third kappa shape index (κ3) is 5.59. The van der Waals surface area contributed by atoms with E-state index >= 15 is 0 Å². The van der Waals surface area contributed by atoms with E-state index in [0.717, 1.165) is 5.75 Å². The summed E-state index contributed by atoms with van der Waals surface area (Å²) < 4.78 is 5.51. The lowest BCUT2D eigenvalue weighted by atomic mass is 10.3. The highest BCUT2D eigenvalue weighted by Crippen LogP contribution is 2.16. The molecular formula is C16H15N3OS. The van der Waals surface area contributed by atoms with Crippen LogP contribution < -0.4 is 10.1 Å². The van der Waals surface area contributed by atoms with Crippen molar-refractivity contribution in [2.45, 2.75) is 4.90 Å². The Labute approximate surface area is 128 Å². The van der Waals surface area contributed by atoms with Gasteiger partial charge in [0.05, 0.1) is 6.54 Å². The van der Waals surface area contributed by atoms with Gasteiger partial charge in [-0.05, 0) is 24.3 Å². The highest BCUT2D eigenvalue weighted by atomic mass is 32.2. The molecule has 0 saturated heterocycles. The van der Waals surface area contributed by atoms with Crippen molar-refractivity contribution in [3.63, 3.8) is 0 Å². The highest BCUT2D eigenvalue weighted by molar-refractivity contribution is 7.99. The fraction of sp³-hybridized carbons (Fsp3) is 0.125. The molecule has 0 bridgehead atoms. The molecule has 0 fully saturated rings. The minimum Gasteiger partial charge on any atom is -0.425 e. The molecule has 0 saturated carbocycles. The lowest BCUT2D eigenvalue weighted by molar-refractivity contribution is 0.527. The average Bonchev–Trinajstić information content (AvgIpc) is 2.54. The first-order chi connectivity index (χ1) is 10.4. The second kappa shape index (κ2) is 8.67. The van der Waals surface area contributed by atoms with Crippen molar-refractivity contribution < 1.29 is 4.74 Å². The van der Waals surface area contributed by atoms with Crippen LogP contribution in [-0.4, -0.2) is 18.3 Å². The number of thioether (sulfide) groups is 1. The molecule has 2 aromatic rings. The second-order valence-corrected chi connectivity index (χ2v) is 5.17. The summed E-state index contributed by atoms with van der Waals surface area (Å²) in [5, 5.41) is 11.2. The van der Waals surface area contributed by atoms with Crippen molar-refractivity contribution >= 4 is 17.8 Å². The van der Waals surface area contributed by atoms with Crippen molar-refractivity contribution in [2.24, 2.45) is 4.99 Å². The van der Waals surface area contributed by atoms with E-state index in [1.807, 2.05) is 54.7 Å². The molecule has 0 aliphatic carbocycles. The maximum atomic E-state index is 8.72. The van der Waals surface area contributed by atoms with Gasteiger partial charge in [0.25, 0.3) is 0 Å². The first-order valence-electron chi connectivity index (χ1n) is 6.49. The van der Waals surface area contributed by atoms with Crippen LogP contribution in [0.15, 0.2) is 70.6 Å². The van der Waals surface area contributed by atoms with Crippen molar-refractivity contribution in [3.8, 4) is 11.9 Å². The number of ether oxygens (including phenoxy) is 1. The van der Waals surface area contributed by atoms with Crippen LogP contribution in [0.2, 0.25) is 0 Å². The fourth-order valence-corrected chi connectivity index (χ4v) is 2.34. The SMILES string of the molecule is N#CNC(=NCCSc1ccccc1)Oc1ccccc1. The summed E-state index contributed by atoms with van der Waals surface area (Å²) in [5.74, 6) is 1.47. The van der Waals surface area contributed by atoms with Crippen molar-refractivity contribution in [1.29, 1.82) is 5.26 Å². The number of nitrogens with zero attached hydrogens (tertiary/aromatic N) is 2. The van der Waals surface area contributed by atoms with Gasteiger partial charge in [0.1, 0.15) is 5.75 Å². The van der Waals surface area contributed by atoms with Gasteiger partial charge >= 0.3 is 6.02 Å². The molecule has 0 aliphatic heterocycles. The molecule has 2 rings (SSSR count). The number of para-hydroxylation sites is 1. The number of benzene rings is 2. The lowest BCUT2D eigenvalue weighted by Crippen LogP contribution is -2.25. The molecule has 0 aromatic heterocycles. The largest absolute Gasteiger partial charge is 0.425 e. The molecular weight excluding hydrogens is 282 g/mol. The monoisotopic (exact) mass is 297 g/mol. The molecule has 21 heavy (non-hydrogen) atoms. The van der Waals surface area contributed by atoms with Gasteiger partial charge in [-0.3, -0.25) is 0 Å². The normalized spacial score (nSPS) is 10.7. The summed E-state index contributed by atoms with van der Waals surface area (Å²) in [7, 11) is 0. The van der Waals surface area contributed by atoms with Gasteiger partial charge in [-0.2, -0.15) is 5.26 Å². The van der Waals surface area contributed by atoms with Crippen molar-refractivity contribution in [3.05, 3.63) is 60.7 Å². The van der Waals surface area contributed by atoms with Crippen LogP contribution >= 0.6 is 11.8 Å². The third-order valence-electron chi connectivity index (χ3n) is 2.48. The van der Waals surface area contributed by atoms with E-state index in [9.17, 15) is 0 Å². The fourth-order valence-electron chi connectivity index (χ4n) is 1.57. The average molecular weight is 297 g/mol. The molecule has 4 nitrogen and oxygen atoms in total. The van der Waals surface area contributed by atoms with Gasteiger partial charge in [-0.15, -0.1) is 11.8 Å². The summed E-state index contributed by atoms with van der Waals surface area (Å²) in [4.78, 5) is 5.46. The standard InChI is InChI=1S/C16H15N3OS/c17-13-19-16(20-14-7-3-1-4-8-14)18-11-12-21-15-9-5-2-6-10-15/h1-10H,11-12H2,(H,18,19). The Hall–Kier alpha value is -2.45. The van der Waals surface area contributed by atoms with Crippen molar-refractivity contribution in [1.82, 2.24) is 5.32 Å². The molecule has 0 atom stereocenters. The van der Waals surface area contributed by atoms with E-state index in [0.29, 0.717) is 12.3 Å². The Kier molecular flexibility index (Phi) is 6.17. The van der Waals surface area contributed by atoms with E-state index in [1.165, 1.54) is 4.90 Å². The number of hydrogen-bond acceptors (Lipinski definition) is 4. The number of aliphatic imine (C=N–C) groups is 1. The summed E-state index contributed by atoms with van der Waals surface area (Å²) in [5.41, 5.74) is 0. The molecule has 0 amide bonds. The Morgan fingerprint density at radius 1 is 1.10 bits per heavy atom. The van der Waals surface area contributed by atoms with Gasteiger partial charge in [-0.25, -0.2) is 10.3 Å². The van der Waals surface area contributed by atoms with Gasteiger partial charge < -0.3 is 4.74 Å². The minimum absolute atomic E-state index is 0.220. The first kappa shape index (κ1) is 14.9. The van der Waals surface area contributed by atoms with Crippen LogP contribution in [0, 0.1) is 11.5 Å². The summed E-state index contributed by atoms with van der Waals surface area (Å²) in [6.07, 6.45) is 1.83. The van der Waals surface area contributed by atoms with E-state index in [1.54, 1.807) is 11.8 Å². The zero-order valence-electron chi connectivity index (χ0n) is 11.4. The Balaban J connectivity index is 1.85. The van der Waals surface area contributed by atoms with Crippen LogP contribution in [0.25, 0.3) is 0 Å². The van der Waals surface area contributed by atoms with Gasteiger partial charge in [0.15, 0.2) is 6.19 Å². The topological polar surface area (TPSA) is 57.4 Å². The summed E-state index contributed by atoms with van der Waals surface area (Å²) in [6.45, 7) is 0.566. The van der Waals surface area contributed by atoms with Gasteiger partial charge in [0, 0.05) is 10.6 Å². The number of nitriles is 1. The third-order valence-corrected chi connectivity index (χ3v) is 3.47. The van der Waals surface area contributed by atoms with Gasteiger partial charge in [-0.1, -0.05) is 36.4 Å². The van der Waals surface area contributed by atoms with Crippen LogP contribution in [-0.2, 0) is 0 Å². The maximum Gasteiger partial charge on any atom is 0.303 e. The number of rotatable bonds is 5. The molecule has 0 heterocycles.